The van der Waals surface area contributed by atoms with E-state index in [0.29, 0.717) is 0 Å². The molecule has 1 aromatic rings. The average Bonchev–Trinajstić information content (AvgIpc) is 2.86. The summed E-state index contributed by atoms with van der Waals surface area (Å²) in [5, 5.41) is 13.1. The van der Waals surface area contributed by atoms with Gasteiger partial charge in [0, 0.05) is 0 Å². The molecule has 1 aromatic carbocycles. The molecule has 0 aliphatic rings. The first-order valence-electron chi connectivity index (χ1n) is 14.4. The van der Waals surface area contributed by atoms with Gasteiger partial charge in [0.1, 0.15) is 0 Å². The average molecular weight is 524 g/mol. The van der Waals surface area contributed by atoms with Crippen molar-refractivity contribution in [3.8, 4) is 0 Å². The van der Waals surface area contributed by atoms with Crippen LogP contribution in [0.3, 0.4) is 0 Å². The van der Waals surface area contributed by atoms with Crippen LogP contribution in [0, 0.1) is 6.92 Å². The van der Waals surface area contributed by atoms with Gasteiger partial charge < -0.3 is 16.0 Å². The van der Waals surface area contributed by atoms with E-state index in [1.54, 1.807) is 0 Å². The molecule has 204 valence electrons. The van der Waals surface area contributed by atoms with Crippen molar-refractivity contribution in [3.63, 3.8) is 0 Å². The van der Waals surface area contributed by atoms with E-state index in [1.807, 2.05) is 30.3 Å². The van der Waals surface area contributed by atoms with Gasteiger partial charge in [-0.25, -0.2) is 0 Å². The van der Waals surface area contributed by atoms with E-state index >= 15 is 0 Å². The van der Waals surface area contributed by atoms with Crippen LogP contribution in [0.5, 0.6) is 0 Å². The van der Waals surface area contributed by atoms with E-state index in [1.165, 1.54) is 77.0 Å². The van der Waals surface area contributed by atoms with Crippen LogP contribution in [-0.4, -0.2) is 39.3 Å². The summed E-state index contributed by atoms with van der Waals surface area (Å²) in [7, 11) is 0. The molecule has 0 bridgehead atoms. The molecule has 0 aromatic heterocycles. The summed E-state index contributed by atoms with van der Waals surface area (Å²) in [5.74, 6) is 0. The Hall–Kier alpha value is -0.316. The van der Waals surface area contributed by atoms with Crippen molar-refractivity contribution in [1.82, 2.24) is 0 Å². The summed E-state index contributed by atoms with van der Waals surface area (Å²) >= 11 is 0. The minimum atomic E-state index is 0. The normalized spacial score (nSPS) is 9.43. The molecule has 0 heterocycles. The van der Waals surface area contributed by atoms with E-state index in [9.17, 15) is 0 Å². The maximum atomic E-state index is 4.35. The Labute approximate surface area is 237 Å². The van der Waals surface area contributed by atoms with E-state index in [0.717, 1.165) is 44.8 Å². The van der Waals surface area contributed by atoms with Crippen molar-refractivity contribution < 1.29 is 21.7 Å². The van der Waals surface area contributed by atoms with Crippen molar-refractivity contribution in [1.29, 1.82) is 0 Å². The molecule has 0 saturated heterocycles. The largest absolute Gasteiger partial charge is 4.00 e. The zero-order chi connectivity index (χ0) is 26.0. The number of nitrogens with zero attached hydrogens (tertiary/aromatic N) is 3. The molecular formula is C31H61N3Ti. The first-order valence-corrected chi connectivity index (χ1v) is 14.4. The number of hydrogen-bond acceptors (Lipinski definition) is 0. The summed E-state index contributed by atoms with van der Waals surface area (Å²) in [6.45, 7) is 23.4. The maximum Gasteiger partial charge on any atom is 4.00 e. The summed E-state index contributed by atoms with van der Waals surface area (Å²) in [4.78, 5) is 0. The van der Waals surface area contributed by atoms with Gasteiger partial charge in [-0.15, -0.1) is 51.4 Å². The van der Waals surface area contributed by atoms with Gasteiger partial charge in [-0.05, 0) is 0 Å². The van der Waals surface area contributed by atoms with Crippen LogP contribution in [0.2, 0.25) is 0 Å². The van der Waals surface area contributed by atoms with Crippen molar-refractivity contribution in [2.24, 2.45) is 0 Å². The van der Waals surface area contributed by atoms with E-state index < -0.39 is 0 Å². The van der Waals surface area contributed by atoms with Crippen LogP contribution in [0.1, 0.15) is 124 Å². The van der Waals surface area contributed by atoms with Crippen LogP contribution in [0.25, 0.3) is 16.0 Å². The standard InChI is InChI=1S/3C8H18N.C7H7.Ti/c3*1-3-5-7-9-8-6-4-2;1-7-5-3-2-4-6-7;/h3*3-8H2,1-2H3;2-6H,1H2;/q4*-1;+4. The minimum absolute atomic E-state index is 0. The molecule has 1 rings (SSSR count). The first kappa shape index (κ1) is 41.8. The summed E-state index contributed by atoms with van der Waals surface area (Å²) in [6, 6.07) is 9.87. The van der Waals surface area contributed by atoms with Gasteiger partial charge in [-0.1, -0.05) is 125 Å². The van der Waals surface area contributed by atoms with Gasteiger partial charge in [0.25, 0.3) is 0 Å². The molecule has 0 unspecified atom stereocenters. The molecule has 0 radical (unpaired) electrons. The van der Waals surface area contributed by atoms with Gasteiger partial charge in [0.2, 0.25) is 0 Å². The van der Waals surface area contributed by atoms with Crippen molar-refractivity contribution >= 4 is 0 Å². The molecule has 0 aliphatic carbocycles. The van der Waals surface area contributed by atoms with Crippen LogP contribution >= 0.6 is 0 Å². The van der Waals surface area contributed by atoms with E-state index in [-0.39, 0.29) is 21.7 Å². The smallest absolute Gasteiger partial charge is 0.662 e. The van der Waals surface area contributed by atoms with Crippen LogP contribution < -0.4 is 0 Å². The summed E-state index contributed by atoms with van der Waals surface area (Å²) in [5.41, 5.74) is 1.07. The number of hydrogen-bond donors (Lipinski definition) is 0. The van der Waals surface area contributed by atoms with E-state index in [4.69, 9.17) is 0 Å². The molecular weight excluding hydrogens is 462 g/mol. The second-order valence-electron chi connectivity index (χ2n) is 8.62. The Kier molecular flexibility index (Phi) is 52.2. The molecule has 0 saturated carbocycles. The zero-order valence-electron chi connectivity index (χ0n) is 24.7. The molecule has 0 aliphatic heterocycles. The Bertz CT molecular complexity index is 364. The Morgan fingerprint density at radius 1 is 0.457 bits per heavy atom. The van der Waals surface area contributed by atoms with Gasteiger partial charge >= 0.3 is 21.7 Å². The zero-order valence-corrected chi connectivity index (χ0v) is 26.2. The quantitative estimate of drug-likeness (QED) is 0.104. The van der Waals surface area contributed by atoms with Crippen LogP contribution in [-0.2, 0) is 21.7 Å². The maximum absolute atomic E-state index is 4.35. The van der Waals surface area contributed by atoms with Crippen molar-refractivity contribution in [2.75, 3.05) is 39.3 Å². The first-order chi connectivity index (χ1) is 16.6. The van der Waals surface area contributed by atoms with Gasteiger partial charge in [0.05, 0.1) is 0 Å². The van der Waals surface area contributed by atoms with Crippen LogP contribution in [0.15, 0.2) is 30.3 Å². The predicted octanol–water partition coefficient (Wildman–Crippen LogP) is 10.7. The number of unbranched alkanes of at least 4 members (excludes halogenated alkanes) is 6. The number of benzene rings is 1. The second-order valence-corrected chi connectivity index (χ2v) is 8.62. The van der Waals surface area contributed by atoms with Gasteiger partial charge in [0.15, 0.2) is 0 Å². The third-order valence-corrected chi connectivity index (χ3v) is 4.86. The number of rotatable bonds is 18. The molecule has 0 atom stereocenters. The fraction of sp³-hybridized carbons (Fsp3) is 0.774. The summed E-state index contributed by atoms with van der Waals surface area (Å²) < 4.78 is 0. The molecule has 0 spiro atoms. The third-order valence-electron chi connectivity index (χ3n) is 4.86. The Balaban J connectivity index is -0.000000182. The SMILES string of the molecule is CCCC[N-]CCCC.CCCC[N-]CCCC.CCCC[N-]CCCC.[CH2-]c1ccccc1.[Ti+4]. The molecule has 0 amide bonds. The fourth-order valence-electron chi connectivity index (χ4n) is 2.43. The molecule has 4 heteroatoms. The minimum Gasteiger partial charge on any atom is -0.662 e. The molecule has 0 fully saturated rings. The molecule has 0 N–H and O–H groups in total. The predicted molar refractivity (Wildman–Crippen MR) is 160 cm³/mol. The molecule has 35 heavy (non-hydrogen) atoms. The van der Waals surface area contributed by atoms with Gasteiger partial charge in [-0.2, -0.15) is 24.6 Å². The van der Waals surface area contributed by atoms with E-state index in [2.05, 4.69) is 64.4 Å². The van der Waals surface area contributed by atoms with Crippen LogP contribution in [0.4, 0.5) is 0 Å². The Morgan fingerprint density at radius 2 is 0.686 bits per heavy atom. The monoisotopic (exact) mass is 523 g/mol. The fourth-order valence-corrected chi connectivity index (χ4v) is 2.43. The topological polar surface area (TPSA) is 42.3 Å². The van der Waals surface area contributed by atoms with Gasteiger partial charge in [-0.3, -0.25) is 0 Å². The third kappa shape index (κ3) is 51.3. The van der Waals surface area contributed by atoms with Crippen molar-refractivity contribution in [2.45, 2.75) is 119 Å². The van der Waals surface area contributed by atoms with Crippen molar-refractivity contribution in [3.05, 3.63) is 58.8 Å². The Morgan fingerprint density at radius 3 is 0.829 bits per heavy atom. The summed E-state index contributed by atoms with van der Waals surface area (Å²) in [6.07, 6.45) is 15.2. The molecule has 3 nitrogen and oxygen atoms in total. The second kappa shape index (κ2) is 43.7.